The summed E-state index contributed by atoms with van der Waals surface area (Å²) >= 11 is 0. The molecule has 2 atom stereocenters. The van der Waals surface area contributed by atoms with Crippen molar-refractivity contribution in [3.05, 3.63) is 29.3 Å². The molecule has 1 saturated carbocycles. The van der Waals surface area contributed by atoms with Crippen molar-refractivity contribution in [1.29, 1.82) is 0 Å². The van der Waals surface area contributed by atoms with Gasteiger partial charge in [0.15, 0.2) is 0 Å². The number of carbonyl (C=O) groups excluding carboxylic acids is 1. The second-order valence-electron chi connectivity index (χ2n) is 10.1. The van der Waals surface area contributed by atoms with Crippen molar-refractivity contribution in [2.75, 3.05) is 26.2 Å². The molecule has 1 aromatic carbocycles. The van der Waals surface area contributed by atoms with Crippen molar-refractivity contribution in [2.24, 2.45) is 11.8 Å². The monoisotopic (exact) mass is 446 g/mol. The van der Waals surface area contributed by atoms with Gasteiger partial charge in [-0.25, -0.2) is 8.42 Å². The van der Waals surface area contributed by atoms with Crippen LogP contribution < -0.4 is 0 Å². The summed E-state index contributed by atoms with van der Waals surface area (Å²) in [5.41, 5.74) is 1.33. The number of nitrogens with zero attached hydrogens (tertiary/aromatic N) is 2. The van der Waals surface area contributed by atoms with Crippen molar-refractivity contribution < 1.29 is 13.2 Å². The molecule has 6 heteroatoms. The lowest BCUT2D eigenvalue weighted by molar-refractivity contribution is 0.0520. The van der Waals surface area contributed by atoms with Gasteiger partial charge in [0.25, 0.3) is 5.91 Å². The number of benzene rings is 1. The third-order valence-electron chi connectivity index (χ3n) is 7.64. The first-order valence-electron chi connectivity index (χ1n) is 12.3. The maximum atomic E-state index is 13.6. The van der Waals surface area contributed by atoms with E-state index in [-0.39, 0.29) is 11.8 Å². The largest absolute Gasteiger partial charge is 0.338 e. The van der Waals surface area contributed by atoms with Crippen LogP contribution in [0.2, 0.25) is 0 Å². The van der Waals surface area contributed by atoms with E-state index in [2.05, 4.69) is 0 Å². The Balaban J connectivity index is 1.61. The maximum Gasteiger partial charge on any atom is 0.253 e. The van der Waals surface area contributed by atoms with Crippen LogP contribution in [-0.4, -0.2) is 49.7 Å². The molecule has 2 aliphatic heterocycles. The first-order valence-corrected chi connectivity index (χ1v) is 13.8. The summed E-state index contributed by atoms with van der Waals surface area (Å²) in [7, 11) is -3.60. The summed E-state index contributed by atoms with van der Waals surface area (Å²) in [6, 6.07) is 5.38. The molecule has 31 heavy (non-hydrogen) atoms. The van der Waals surface area contributed by atoms with Gasteiger partial charge in [-0.15, -0.1) is 0 Å². The van der Waals surface area contributed by atoms with Crippen LogP contribution in [0.4, 0.5) is 0 Å². The van der Waals surface area contributed by atoms with Crippen molar-refractivity contribution in [2.45, 2.75) is 82.4 Å². The van der Waals surface area contributed by atoms with E-state index < -0.39 is 10.0 Å². The molecule has 172 valence electrons. The third-order valence-corrected chi connectivity index (χ3v) is 9.60. The summed E-state index contributed by atoms with van der Waals surface area (Å²) < 4.78 is 28.9. The van der Waals surface area contributed by atoms with Crippen LogP contribution in [0.3, 0.4) is 0 Å². The number of rotatable bonds is 4. The lowest BCUT2D eigenvalue weighted by Gasteiger charge is -2.41. The minimum absolute atomic E-state index is 0.00774. The van der Waals surface area contributed by atoms with Gasteiger partial charge in [0, 0.05) is 31.7 Å². The fourth-order valence-electron chi connectivity index (χ4n) is 5.76. The molecule has 3 fully saturated rings. The molecule has 1 unspecified atom stereocenters. The van der Waals surface area contributed by atoms with Gasteiger partial charge in [-0.2, -0.15) is 4.31 Å². The number of piperidine rings is 1. The highest BCUT2D eigenvalue weighted by atomic mass is 32.2. The van der Waals surface area contributed by atoms with Gasteiger partial charge in [0.2, 0.25) is 10.0 Å². The SMILES string of the molecule is CC(C)c1ccc(C(=O)N2CCC3CCCC[C@H]3C2)cc1S(=O)(=O)N1CCCCCC1. The lowest BCUT2D eigenvalue weighted by atomic mass is 9.75. The Morgan fingerprint density at radius 1 is 0.903 bits per heavy atom. The van der Waals surface area contributed by atoms with Crippen LogP contribution in [-0.2, 0) is 10.0 Å². The highest BCUT2D eigenvalue weighted by molar-refractivity contribution is 7.89. The van der Waals surface area contributed by atoms with Gasteiger partial charge in [-0.05, 0) is 61.1 Å². The molecular formula is C25H38N2O3S. The molecule has 2 saturated heterocycles. The van der Waals surface area contributed by atoms with Crippen LogP contribution in [0.5, 0.6) is 0 Å². The predicted molar refractivity (Wildman–Crippen MR) is 124 cm³/mol. The van der Waals surface area contributed by atoms with Gasteiger partial charge < -0.3 is 4.90 Å². The second kappa shape index (κ2) is 9.62. The highest BCUT2D eigenvalue weighted by Crippen LogP contribution is 2.37. The molecule has 0 aromatic heterocycles. The molecule has 1 amide bonds. The topological polar surface area (TPSA) is 57.7 Å². The molecule has 1 aromatic rings. The Morgan fingerprint density at radius 2 is 1.58 bits per heavy atom. The van der Waals surface area contributed by atoms with Crippen molar-refractivity contribution >= 4 is 15.9 Å². The van der Waals surface area contributed by atoms with E-state index in [1.165, 1.54) is 25.7 Å². The molecule has 0 bridgehead atoms. The maximum absolute atomic E-state index is 13.6. The molecule has 0 spiro atoms. The number of carbonyl (C=O) groups is 1. The van der Waals surface area contributed by atoms with Gasteiger partial charge in [-0.3, -0.25) is 4.79 Å². The van der Waals surface area contributed by atoms with Gasteiger partial charge in [-0.1, -0.05) is 52.0 Å². The van der Waals surface area contributed by atoms with E-state index in [9.17, 15) is 13.2 Å². The van der Waals surface area contributed by atoms with E-state index in [0.29, 0.717) is 29.5 Å². The molecule has 5 nitrogen and oxygen atoms in total. The van der Waals surface area contributed by atoms with Gasteiger partial charge in [0.05, 0.1) is 4.90 Å². The van der Waals surface area contributed by atoms with E-state index >= 15 is 0 Å². The van der Waals surface area contributed by atoms with Crippen molar-refractivity contribution in [3.63, 3.8) is 0 Å². The zero-order chi connectivity index (χ0) is 22.0. The number of likely N-dealkylation sites (tertiary alicyclic amines) is 1. The lowest BCUT2D eigenvalue weighted by Crippen LogP contribution is -2.44. The zero-order valence-electron chi connectivity index (χ0n) is 19.2. The Morgan fingerprint density at radius 3 is 2.26 bits per heavy atom. The van der Waals surface area contributed by atoms with Crippen LogP contribution >= 0.6 is 0 Å². The third kappa shape index (κ3) is 4.85. The first-order chi connectivity index (χ1) is 14.9. The summed E-state index contributed by atoms with van der Waals surface area (Å²) in [4.78, 5) is 15.7. The summed E-state index contributed by atoms with van der Waals surface area (Å²) in [5, 5.41) is 0. The van der Waals surface area contributed by atoms with Crippen LogP contribution in [0.15, 0.2) is 23.1 Å². The fraction of sp³-hybridized carbons (Fsp3) is 0.720. The number of fused-ring (bicyclic) bond motifs is 1. The molecule has 0 radical (unpaired) electrons. The van der Waals surface area contributed by atoms with Crippen molar-refractivity contribution in [1.82, 2.24) is 9.21 Å². The quantitative estimate of drug-likeness (QED) is 0.652. The summed E-state index contributed by atoms with van der Waals surface area (Å²) in [6.07, 6.45) is 10.2. The first kappa shape index (κ1) is 22.8. The van der Waals surface area contributed by atoms with Gasteiger partial charge in [0.1, 0.15) is 0 Å². The van der Waals surface area contributed by atoms with Crippen LogP contribution in [0.1, 0.15) is 93.5 Å². The van der Waals surface area contributed by atoms with Gasteiger partial charge >= 0.3 is 0 Å². The average Bonchev–Trinajstić information content (AvgIpc) is 3.08. The Hall–Kier alpha value is -1.40. The highest BCUT2D eigenvalue weighted by Gasteiger charge is 2.34. The Kier molecular flexibility index (Phi) is 7.07. The normalized spacial score (nSPS) is 25.8. The van der Waals surface area contributed by atoms with E-state index in [4.69, 9.17) is 0 Å². The standard InChI is InChI=1S/C25H38N2O3S/c1-19(2)23-12-11-21(17-24(23)31(29,30)27-14-7-3-4-8-15-27)25(28)26-16-13-20-9-5-6-10-22(20)18-26/h11-12,17,19-20,22H,3-10,13-16,18H2,1-2H3/t20?,22-/m0/s1. The molecular weight excluding hydrogens is 408 g/mol. The average molecular weight is 447 g/mol. The van der Waals surface area contributed by atoms with Crippen LogP contribution in [0, 0.1) is 11.8 Å². The van der Waals surface area contributed by atoms with Crippen LogP contribution in [0.25, 0.3) is 0 Å². The molecule has 0 N–H and O–H groups in total. The molecule has 3 aliphatic rings. The van der Waals surface area contributed by atoms with Crippen molar-refractivity contribution in [3.8, 4) is 0 Å². The summed E-state index contributed by atoms with van der Waals surface area (Å²) in [5.74, 6) is 1.45. The number of amides is 1. The Labute approximate surface area is 188 Å². The predicted octanol–water partition coefficient (Wildman–Crippen LogP) is 5.03. The number of sulfonamides is 1. The minimum atomic E-state index is -3.60. The Bertz CT molecular complexity index is 888. The zero-order valence-corrected chi connectivity index (χ0v) is 20.0. The molecule has 2 heterocycles. The van der Waals surface area contributed by atoms with E-state index in [1.54, 1.807) is 10.4 Å². The smallest absolute Gasteiger partial charge is 0.253 e. The minimum Gasteiger partial charge on any atom is -0.338 e. The molecule has 4 rings (SSSR count). The fourth-order valence-corrected chi connectivity index (χ4v) is 7.65. The number of hydrogen-bond donors (Lipinski definition) is 0. The van der Waals surface area contributed by atoms with E-state index in [0.717, 1.165) is 56.7 Å². The van der Waals surface area contributed by atoms with E-state index in [1.807, 2.05) is 30.9 Å². The number of hydrogen-bond acceptors (Lipinski definition) is 3. The molecule has 1 aliphatic carbocycles. The second-order valence-corrected chi connectivity index (χ2v) is 12.0. The summed E-state index contributed by atoms with van der Waals surface area (Å²) in [6.45, 7) is 6.81.